The van der Waals surface area contributed by atoms with Crippen LogP contribution in [-0.4, -0.2) is 28.7 Å². The van der Waals surface area contributed by atoms with Crippen LogP contribution in [0.25, 0.3) is 21.5 Å². The maximum absolute atomic E-state index is 12.4. The minimum Gasteiger partial charge on any atom is -0.424 e. The molecule has 26 heavy (non-hydrogen) atoms. The summed E-state index contributed by atoms with van der Waals surface area (Å²) >= 11 is 0. The third-order valence-electron chi connectivity index (χ3n) is 4.04. The summed E-state index contributed by atoms with van der Waals surface area (Å²) in [5, 5.41) is 21.6. The van der Waals surface area contributed by atoms with E-state index in [2.05, 4.69) is 6.07 Å². The first-order chi connectivity index (χ1) is 12.5. The molecular weight excluding hydrogens is 327 g/mol. The lowest BCUT2D eigenvalue weighted by Crippen LogP contribution is -2.06. The van der Waals surface area contributed by atoms with E-state index in [0.717, 1.165) is 27.5 Å². The van der Waals surface area contributed by atoms with Crippen LogP contribution in [0.15, 0.2) is 78.8 Å². The maximum Gasteiger partial charge on any atom is 0.480 e. The zero-order chi connectivity index (χ0) is 18.5. The lowest BCUT2D eigenvalue weighted by Gasteiger charge is -2.05. The number of allylic oxidation sites excluding steroid dienone is 3. The zero-order valence-electron chi connectivity index (χ0n) is 14.0. The van der Waals surface area contributed by atoms with E-state index < -0.39 is 7.12 Å². The monoisotopic (exact) mass is 344 g/mol. The molecule has 0 heterocycles. The molecule has 0 atom stereocenters. The highest BCUT2D eigenvalue weighted by atomic mass is 16.4. The largest absolute Gasteiger partial charge is 0.480 e. The Morgan fingerprint density at radius 1 is 0.846 bits per heavy atom. The molecule has 0 amide bonds. The van der Waals surface area contributed by atoms with E-state index in [1.165, 1.54) is 18.2 Å². The molecule has 3 aromatic carbocycles. The fourth-order valence-electron chi connectivity index (χ4n) is 2.76. The minimum atomic E-state index is -1.56. The molecule has 0 saturated heterocycles. The van der Waals surface area contributed by atoms with Crippen LogP contribution in [0.5, 0.6) is 0 Å². The summed E-state index contributed by atoms with van der Waals surface area (Å²) in [6.07, 6.45) is 3.73. The third kappa shape index (κ3) is 4.33. The second kappa shape index (κ2) is 7.91. The normalized spacial score (nSPS) is 11.6. The molecule has 0 unspecified atom stereocenters. The predicted molar refractivity (Wildman–Crippen MR) is 104 cm³/mol. The van der Waals surface area contributed by atoms with Gasteiger partial charge in [0.2, 0.25) is 0 Å². The lowest BCUT2D eigenvalue weighted by molar-refractivity contribution is -0.113. The highest BCUT2D eigenvalue weighted by Gasteiger charge is 2.10. The molecule has 128 valence electrons. The molecule has 2 N–H and O–H groups in total. The van der Waals surface area contributed by atoms with Crippen LogP contribution in [-0.2, 0) is 4.79 Å². The van der Waals surface area contributed by atoms with Crippen molar-refractivity contribution < 1.29 is 19.6 Å². The van der Waals surface area contributed by atoms with Gasteiger partial charge in [-0.25, -0.2) is 0 Å². The van der Waals surface area contributed by atoms with Crippen molar-refractivity contribution in [3.63, 3.8) is 0 Å². The van der Waals surface area contributed by atoms with Gasteiger partial charge in [-0.3, -0.25) is 9.59 Å². The summed E-state index contributed by atoms with van der Waals surface area (Å²) in [5.74, 6) is 0.519. The van der Waals surface area contributed by atoms with Gasteiger partial charge in [0.1, 0.15) is 0 Å². The van der Waals surface area contributed by atoms with Gasteiger partial charge in [0.15, 0.2) is 11.6 Å². The fraction of sp³-hybridized carbons (Fsp3) is 0.0476. The fourth-order valence-corrected chi connectivity index (χ4v) is 2.76. The van der Waals surface area contributed by atoms with Crippen LogP contribution in [0.2, 0.25) is 0 Å². The number of carbonyl (C=O) groups is 2. The molecule has 3 aromatic rings. The summed E-state index contributed by atoms with van der Waals surface area (Å²) in [6, 6.07) is 17.6. The van der Waals surface area contributed by atoms with Crippen molar-refractivity contribution in [2.75, 3.05) is 0 Å². The summed E-state index contributed by atoms with van der Waals surface area (Å²) < 4.78 is 0. The Morgan fingerprint density at radius 2 is 1.50 bits per heavy atom. The number of carbonyl (C=O) groups excluding carboxylic acids is 2. The highest BCUT2D eigenvalue weighted by Crippen LogP contribution is 2.24. The number of rotatable bonds is 6. The number of hydrogen-bond acceptors (Lipinski definition) is 4. The summed E-state index contributed by atoms with van der Waals surface area (Å²) in [7, 11) is -1.56. The van der Waals surface area contributed by atoms with Gasteiger partial charge in [0.05, 0.1) is 6.42 Å². The highest BCUT2D eigenvalue weighted by molar-refractivity contribution is 6.47. The molecule has 4 nitrogen and oxygen atoms in total. The van der Waals surface area contributed by atoms with Gasteiger partial charge >= 0.3 is 7.12 Å². The average molecular weight is 344 g/mol. The van der Waals surface area contributed by atoms with Crippen LogP contribution in [0.3, 0.4) is 0 Å². The number of ketones is 2. The van der Waals surface area contributed by atoms with Crippen molar-refractivity contribution in [2.45, 2.75) is 6.42 Å². The first-order valence-corrected chi connectivity index (χ1v) is 8.22. The average Bonchev–Trinajstić information content (AvgIpc) is 2.62. The summed E-state index contributed by atoms with van der Waals surface area (Å²) in [4.78, 5) is 24.2. The van der Waals surface area contributed by atoms with Crippen molar-refractivity contribution in [1.82, 2.24) is 0 Å². The van der Waals surface area contributed by atoms with Gasteiger partial charge in [-0.05, 0) is 45.8 Å². The third-order valence-corrected chi connectivity index (χ3v) is 4.04. The van der Waals surface area contributed by atoms with E-state index in [-0.39, 0.29) is 18.0 Å². The molecular formula is C21H17BO4. The van der Waals surface area contributed by atoms with Crippen LogP contribution in [0.1, 0.15) is 16.8 Å². The van der Waals surface area contributed by atoms with Gasteiger partial charge < -0.3 is 10.0 Å². The standard InChI is InChI=1S/C21H17BO4/c23-20(7-3-4-10-22(25)26)14-21(24)18-9-8-17-11-15-5-1-2-6-16(15)12-19(17)13-18/h1-13,25-26H,14H2/b7-3+,10-4-. The summed E-state index contributed by atoms with van der Waals surface area (Å²) in [5.41, 5.74) is 0.496. The van der Waals surface area contributed by atoms with E-state index >= 15 is 0 Å². The molecule has 3 rings (SSSR count). The predicted octanol–water partition coefficient (Wildman–Crippen LogP) is 3.26. The van der Waals surface area contributed by atoms with Gasteiger partial charge in [0, 0.05) is 5.56 Å². The van der Waals surface area contributed by atoms with E-state index in [0.29, 0.717) is 5.56 Å². The molecule has 0 aliphatic heterocycles. The molecule has 0 radical (unpaired) electrons. The first-order valence-electron chi connectivity index (χ1n) is 8.22. The van der Waals surface area contributed by atoms with Gasteiger partial charge in [-0.2, -0.15) is 0 Å². The zero-order valence-corrected chi connectivity index (χ0v) is 14.0. The van der Waals surface area contributed by atoms with E-state index in [1.54, 1.807) is 6.07 Å². The summed E-state index contributed by atoms with van der Waals surface area (Å²) in [6.45, 7) is 0. The number of benzene rings is 3. The molecule has 0 spiro atoms. The number of fused-ring (bicyclic) bond motifs is 2. The Kier molecular flexibility index (Phi) is 5.41. The van der Waals surface area contributed by atoms with Crippen molar-refractivity contribution in [2.24, 2.45) is 0 Å². The lowest BCUT2D eigenvalue weighted by atomic mass is 9.92. The van der Waals surface area contributed by atoms with Crippen molar-refractivity contribution in [3.05, 3.63) is 84.4 Å². The van der Waals surface area contributed by atoms with Crippen LogP contribution >= 0.6 is 0 Å². The molecule has 5 heteroatoms. The molecule has 0 aromatic heterocycles. The van der Waals surface area contributed by atoms with E-state index in [4.69, 9.17) is 10.0 Å². The number of hydrogen-bond donors (Lipinski definition) is 2. The SMILES string of the molecule is O=C(/C=C/C=C\B(O)O)CC(=O)c1ccc2cc3ccccc3cc2c1. The topological polar surface area (TPSA) is 74.6 Å². The van der Waals surface area contributed by atoms with E-state index in [9.17, 15) is 9.59 Å². The second-order valence-corrected chi connectivity index (χ2v) is 5.99. The molecule has 0 aliphatic carbocycles. The molecule has 0 bridgehead atoms. The first kappa shape index (κ1) is 17.8. The van der Waals surface area contributed by atoms with Crippen molar-refractivity contribution >= 4 is 40.2 Å². The minimum absolute atomic E-state index is 0.231. The Morgan fingerprint density at radius 3 is 2.19 bits per heavy atom. The van der Waals surface area contributed by atoms with E-state index in [1.807, 2.05) is 42.5 Å². The van der Waals surface area contributed by atoms with Crippen LogP contribution in [0, 0.1) is 0 Å². The quantitative estimate of drug-likeness (QED) is 0.180. The Bertz CT molecular complexity index is 1030. The maximum atomic E-state index is 12.4. The van der Waals surface area contributed by atoms with Crippen LogP contribution < -0.4 is 0 Å². The molecule has 0 aliphatic rings. The Balaban J connectivity index is 1.78. The van der Waals surface area contributed by atoms with Crippen molar-refractivity contribution in [3.8, 4) is 0 Å². The number of Topliss-reactive ketones (excluding diaryl/α,β-unsaturated/α-hetero) is 1. The van der Waals surface area contributed by atoms with Crippen LogP contribution in [0.4, 0.5) is 0 Å². The molecule has 0 saturated carbocycles. The van der Waals surface area contributed by atoms with Gasteiger partial charge in [-0.15, -0.1) is 0 Å². The van der Waals surface area contributed by atoms with Crippen molar-refractivity contribution in [1.29, 1.82) is 0 Å². The Hall–Kier alpha value is -3.02. The smallest absolute Gasteiger partial charge is 0.424 e. The van der Waals surface area contributed by atoms with Gasteiger partial charge in [0.25, 0.3) is 0 Å². The van der Waals surface area contributed by atoms with Gasteiger partial charge in [-0.1, -0.05) is 54.5 Å². The molecule has 0 fully saturated rings. The second-order valence-electron chi connectivity index (χ2n) is 5.99. The Labute approximate surface area is 151 Å².